The van der Waals surface area contributed by atoms with Crippen LogP contribution < -0.4 is 10.1 Å². The number of carbonyl (C=O) groups excluding carboxylic acids is 1. The normalized spacial score (nSPS) is 12.4. The number of rotatable bonds is 8. The summed E-state index contributed by atoms with van der Waals surface area (Å²) in [6.45, 7) is 2.17. The van der Waals surface area contributed by atoms with Gasteiger partial charge in [0, 0.05) is 6.26 Å². The van der Waals surface area contributed by atoms with E-state index in [0.717, 1.165) is 22.3 Å². The van der Waals surface area contributed by atoms with Crippen molar-refractivity contribution in [1.82, 2.24) is 14.9 Å². The second kappa shape index (κ2) is 9.46. The molecule has 1 heterocycles. The van der Waals surface area contributed by atoms with Crippen LogP contribution in [0.1, 0.15) is 24.4 Å². The summed E-state index contributed by atoms with van der Waals surface area (Å²) in [5.74, 6) is 1.20. The van der Waals surface area contributed by atoms with Crippen LogP contribution >= 0.6 is 0 Å². The van der Waals surface area contributed by atoms with Gasteiger partial charge in [-0.2, -0.15) is 0 Å². The van der Waals surface area contributed by atoms with Gasteiger partial charge in [0.05, 0.1) is 22.0 Å². The standard InChI is InChI=1S/C25H25N3O4S/c1-18(19-12-14-21(15-13-19)33(2,30)31)26-25(29)16-28-23-11-7-6-10-22(23)27-24(28)17-32-20-8-4-3-5-9-20/h3-15,18H,16-17H2,1-2H3,(H,26,29). The summed E-state index contributed by atoms with van der Waals surface area (Å²) in [5, 5.41) is 2.98. The topological polar surface area (TPSA) is 90.3 Å². The lowest BCUT2D eigenvalue weighted by Gasteiger charge is -2.16. The number of amides is 1. The molecule has 1 atom stereocenters. The van der Waals surface area contributed by atoms with E-state index in [0.29, 0.717) is 5.82 Å². The van der Waals surface area contributed by atoms with Gasteiger partial charge in [0.15, 0.2) is 9.84 Å². The number of fused-ring (bicyclic) bond motifs is 1. The SMILES string of the molecule is CC(NC(=O)Cn1c(COc2ccccc2)nc2ccccc21)c1ccc(S(C)(=O)=O)cc1. The molecular formula is C25H25N3O4S. The molecule has 0 spiro atoms. The predicted molar refractivity (Wildman–Crippen MR) is 127 cm³/mol. The smallest absolute Gasteiger partial charge is 0.240 e. The van der Waals surface area contributed by atoms with Gasteiger partial charge in [-0.25, -0.2) is 13.4 Å². The molecule has 7 nitrogen and oxygen atoms in total. The highest BCUT2D eigenvalue weighted by molar-refractivity contribution is 7.90. The van der Waals surface area contributed by atoms with Crippen molar-refractivity contribution in [3.05, 3.63) is 90.3 Å². The molecule has 1 unspecified atom stereocenters. The Morgan fingerprint density at radius 2 is 1.67 bits per heavy atom. The zero-order valence-corrected chi connectivity index (χ0v) is 19.2. The molecule has 170 valence electrons. The molecule has 33 heavy (non-hydrogen) atoms. The van der Waals surface area contributed by atoms with Crippen molar-refractivity contribution in [2.75, 3.05) is 6.26 Å². The fourth-order valence-corrected chi connectivity index (χ4v) is 4.22. The molecular weight excluding hydrogens is 438 g/mol. The molecule has 3 aromatic carbocycles. The molecule has 0 aliphatic rings. The second-order valence-corrected chi connectivity index (χ2v) is 9.85. The van der Waals surface area contributed by atoms with Crippen molar-refractivity contribution in [2.45, 2.75) is 31.0 Å². The number of nitrogens with one attached hydrogen (secondary N) is 1. The van der Waals surface area contributed by atoms with Gasteiger partial charge in [0.1, 0.15) is 24.7 Å². The van der Waals surface area contributed by atoms with Crippen LogP contribution in [0.5, 0.6) is 5.75 Å². The Hall–Kier alpha value is -3.65. The fourth-order valence-electron chi connectivity index (χ4n) is 3.59. The molecule has 0 aliphatic carbocycles. The van der Waals surface area contributed by atoms with E-state index in [1.54, 1.807) is 24.3 Å². The van der Waals surface area contributed by atoms with Gasteiger partial charge in [-0.1, -0.05) is 42.5 Å². The molecule has 1 aromatic heterocycles. The van der Waals surface area contributed by atoms with Crippen molar-refractivity contribution in [2.24, 2.45) is 0 Å². The number of nitrogens with zero attached hydrogens (tertiary/aromatic N) is 2. The number of hydrogen-bond acceptors (Lipinski definition) is 5. The summed E-state index contributed by atoms with van der Waals surface area (Å²) >= 11 is 0. The van der Waals surface area contributed by atoms with Gasteiger partial charge in [-0.15, -0.1) is 0 Å². The van der Waals surface area contributed by atoms with E-state index in [9.17, 15) is 13.2 Å². The highest BCUT2D eigenvalue weighted by Gasteiger charge is 2.17. The number of benzene rings is 3. The Morgan fingerprint density at radius 1 is 1.00 bits per heavy atom. The van der Waals surface area contributed by atoms with Crippen LogP contribution in [0.4, 0.5) is 0 Å². The predicted octanol–water partition coefficient (Wildman–Crippen LogP) is 3.90. The lowest BCUT2D eigenvalue weighted by molar-refractivity contribution is -0.122. The Kier molecular flexibility index (Phi) is 6.46. The third-order valence-corrected chi connectivity index (χ3v) is 6.46. The molecule has 0 fully saturated rings. The molecule has 0 aliphatic heterocycles. The third kappa shape index (κ3) is 5.40. The number of hydrogen-bond donors (Lipinski definition) is 1. The Bertz CT molecular complexity index is 1360. The average Bonchev–Trinajstić information content (AvgIpc) is 3.15. The number of carbonyl (C=O) groups is 1. The first-order valence-electron chi connectivity index (χ1n) is 10.5. The maximum Gasteiger partial charge on any atom is 0.240 e. The summed E-state index contributed by atoms with van der Waals surface area (Å²) in [6, 6.07) is 23.4. The van der Waals surface area contributed by atoms with E-state index >= 15 is 0 Å². The zero-order chi connectivity index (χ0) is 23.4. The van der Waals surface area contributed by atoms with E-state index in [2.05, 4.69) is 10.3 Å². The largest absolute Gasteiger partial charge is 0.486 e. The van der Waals surface area contributed by atoms with E-state index in [-0.39, 0.29) is 30.0 Å². The van der Waals surface area contributed by atoms with Gasteiger partial charge in [-0.05, 0) is 48.9 Å². The fraction of sp³-hybridized carbons (Fsp3) is 0.200. The average molecular weight is 464 g/mol. The van der Waals surface area contributed by atoms with Gasteiger partial charge in [-0.3, -0.25) is 4.79 Å². The third-order valence-electron chi connectivity index (χ3n) is 5.33. The number of ether oxygens (including phenoxy) is 1. The second-order valence-electron chi connectivity index (χ2n) is 7.84. The molecule has 8 heteroatoms. The van der Waals surface area contributed by atoms with Crippen molar-refractivity contribution in [1.29, 1.82) is 0 Å². The summed E-state index contributed by atoms with van der Waals surface area (Å²) in [4.78, 5) is 17.8. The number of aromatic nitrogens is 2. The van der Waals surface area contributed by atoms with Crippen LogP contribution in [0.3, 0.4) is 0 Å². The lowest BCUT2D eigenvalue weighted by Crippen LogP contribution is -2.30. The molecule has 0 saturated carbocycles. The van der Waals surface area contributed by atoms with Crippen LogP contribution in [-0.2, 0) is 27.8 Å². The summed E-state index contributed by atoms with van der Waals surface area (Å²) in [7, 11) is -3.26. The van der Waals surface area contributed by atoms with E-state index in [1.165, 1.54) is 6.26 Å². The van der Waals surface area contributed by atoms with Crippen LogP contribution in [0, 0.1) is 0 Å². The zero-order valence-electron chi connectivity index (χ0n) is 18.4. The highest BCUT2D eigenvalue weighted by Crippen LogP contribution is 2.20. The first-order valence-corrected chi connectivity index (χ1v) is 12.4. The van der Waals surface area contributed by atoms with Crippen molar-refractivity contribution in [3.8, 4) is 5.75 Å². The van der Waals surface area contributed by atoms with Crippen LogP contribution in [0.25, 0.3) is 11.0 Å². The minimum atomic E-state index is -3.26. The van der Waals surface area contributed by atoms with Gasteiger partial charge < -0.3 is 14.6 Å². The lowest BCUT2D eigenvalue weighted by atomic mass is 10.1. The van der Waals surface area contributed by atoms with Gasteiger partial charge in [0.25, 0.3) is 0 Å². The first kappa shape index (κ1) is 22.5. The van der Waals surface area contributed by atoms with Crippen molar-refractivity contribution < 1.29 is 17.9 Å². The minimum Gasteiger partial charge on any atom is -0.486 e. The number of para-hydroxylation sites is 3. The van der Waals surface area contributed by atoms with Crippen LogP contribution in [0.15, 0.2) is 83.8 Å². The summed E-state index contributed by atoms with van der Waals surface area (Å²) in [5.41, 5.74) is 2.46. The van der Waals surface area contributed by atoms with E-state index < -0.39 is 9.84 Å². The molecule has 0 bridgehead atoms. The molecule has 0 radical (unpaired) electrons. The number of sulfone groups is 1. The van der Waals surface area contributed by atoms with Gasteiger partial charge >= 0.3 is 0 Å². The molecule has 4 aromatic rings. The Morgan fingerprint density at radius 3 is 2.36 bits per heavy atom. The van der Waals surface area contributed by atoms with Crippen molar-refractivity contribution in [3.63, 3.8) is 0 Å². The quantitative estimate of drug-likeness (QED) is 0.428. The van der Waals surface area contributed by atoms with E-state index in [1.807, 2.05) is 66.1 Å². The van der Waals surface area contributed by atoms with Crippen LogP contribution in [-0.4, -0.2) is 30.1 Å². The summed E-state index contributed by atoms with van der Waals surface area (Å²) < 4.78 is 31.1. The molecule has 0 saturated heterocycles. The monoisotopic (exact) mass is 463 g/mol. The van der Waals surface area contributed by atoms with E-state index in [4.69, 9.17) is 4.74 Å². The summed E-state index contributed by atoms with van der Waals surface area (Å²) in [6.07, 6.45) is 1.17. The number of imidazole rings is 1. The highest BCUT2D eigenvalue weighted by atomic mass is 32.2. The van der Waals surface area contributed by atoms with Crippen molar-refractivity contribution >= 4 is 26.8 Å². The Balaban J connectivity index is 1.49. The molecule has 1 amide bonds. The maximum absolute atomic E-state index is 12.9. The van der Waals surface area contributed by atoms with Gasteiger partial charge in [0.2, 0.25) is 5.91 Å². The minimum absolute atomic E-state index is 0.0831. The van der Waals surface area contributed by atoms with Crippen LogP contribution in [0.2, 0.25) is 0 Å². The maximum atomic E-state index is 12.9. The Labute approximate surface area is 193 Å². The first-order chi connectivity index (χ1) is 15.8. The molecule has 1 N–H and O–H groups in total. The molecule has 4 rings (SSSR count).